The summed E-state index contributed by atoms with van der Waals surface area (Å²) in [5.74, 6) is -0.319. The molecule has 1 aromatic heterocycles. The fourth-order valence-corrected chi connectivity index (χ4v) is 5.49. The van der Waals surface area contributed by atoms with Gasteiger partial charge in [0.2, 0.25) is 0 Å². The Balaban J connectivity index is 2.24. The van der Waals surface area contributed by atoms with E-state index in [-0.39, 0.29) is 5.97 Å². The molecule has 0 saturated heterocycles. The van der Waals surface area contributed by atoms with E-state index >= 15 is 0 Å². The van der Waals surface area contributed by atoms with Crippen LogP contribution in [-0.2, 0) is 11.2 Å². The molecule has 1 aromatic carbocycles. The number of carbonyl (C=O) groups is 1. The van der Waals surface area contributed by atoms with Crippen molar-refractivity contribution in [2.45, 2.75) is 6.42 Å². The number of fused-ring (bicyclic) bond motifs is 3. The van der Waals surface area contributed by atoms with Crippen LogP contribution in [0.4, 0.5) is 5.69 Å². The number of thiophene rings is 1. The van der Waals surface area contributed by atoms with Crippen LogP contribution in [0.15, 0.2) is 28.1 Å². The number of methoxy groups -OCH3 is 1. The molecule has 1 aliphatic heterocycles. The molecule has 0 aliphatic carbocycles. The lowest BCUT2D eigenvalue weighted by Gasteiger charge is -2.21. The number of esters is 1. The van der Waals surface area contributed by atoms with Crippen LogP contribution in [0.1, 0.15) is 15.9 Å². The summed E-state index contributed by atoms with van der Waals surface area (Å²) in [6.45, 7) is 0.953. The first-order valence-electron chi connectivity index (χ1n) is 6.20. The van der Waals surface area contributed by atoms with E-state index in [1.165, 1.54) is 17.6 Å². The van der Waals surface area contributed by atoms with Crippen molar-refractivity contribution in [1.29, 1.82) is 0 Å². The smallest absolute Gasteiger partial charge is 0.339 e. The summed E-state index contributed by atoms with van der Waals surface area (Å²) in [7, 11) is 3.08. The third-order valence-corrected chi connectivity index (χ3v) is 7.04. The Labute approximate surface area is 151 Å². The fourth-order valence-electron chi connectivity index (χ4n) is 2.40. The Morgan fingerprint density at radius 2 is 2.33 bits per heavy atom. The molecule has 110 valence electrons. The van der Waals surface area contributed by atoms with Gasteiger partial charge in [0, 0.05) is 51.8 Å². The number of ether oxygens (including phenoxy) is 1. The van der Waals surface area contributed by atoms with E-state index < -0.39 is 0 Å². The second-order valence-corrected chi connectivity index (χ2v) is 8.07. The minimum Gasteiger partial charge on any atom is -0.465 e. The van der Waals surface area contributed by atoms with E-state index in [1.54, 1.807) is 20.5 Å². The van der Waals surface area contributed by atoms with Gasteiger partial charge in [0.1, 0.15) is 0 Å². The van der Waals surface area contributed by atoms with Crippen LogP contribution < -0.4 is 4.31 Å². The highest BCUT2D eigenvalue weighted by atomic mass is 127. The monoisotopic (exact) mass is 495 g/mol. The minimum atomic E-state index is -0.319. The van der Waals surface area contributed by atoms with E-state index in [9.17, 15) is 4.79 Å². The highest BCUT2D eigenvalue weighted by Gasteiger charge is 2.24. The molecule has 0 fully saturated rings. The van der Waals surface area contributed by atoms with Gasteiger partial charge < -0.3 is 9.04 Å². The zero-order valence-electron chi connectivity index (χ0n) is 11.1. The van der Waals surface area contributed by atoms with Gasteiger partial charge in [-0.15, -0.1) is 11.3 Å². The summed E-state index contributed by atoms with van der Waals surface area (Å²) >= 11 is 7.51. The summed E-state index contributed by atoms with van der Waals surface area (Å²) in [5.41, 5.74) is 4.14. The number of nitrogens with zero attached hydrogens (tertiary/aromatic N) is 1. The first-order valence-corrected chi connectivity index (χ1v) is 11.2. The SMILES string of the molecule is COC(=O)c1cc2c(cc1Br)N(SI)CCc1ccsc1-2. The number of hydrogen-bond acceptors (Lipinski definition) is 5. The minimum absolute atomic E-state index is 0.319. The number of rotatable bonds is 2. The van der Waals surface area contributed by atoms with Gasteiger partial charge in [-0.3, -0.25) is 0 Å². The Morgan fingerprint density at radius 3 is 3.05 bits per heavy atom. The predicted octanol–water partition coefficient (Wildman–Crippen LogP) is 5.32. The molecule has 0 N–H and O–H groups in total. The zero-order chi connectivity index (χ0) is 15.0. The van der Waals surface area contributed by atoms with Crippen LogP contribution in [-0.4, -0.2) is 19.6 Å². The summed E-state index contributed by atoms with van der Waals surface area (Å²) in [5, 5.41) is 2.11. The molecular formula is C14H11BrINO2S2. The number of hydrogen-bond donors (Lipinski definition) is 0. The van der Waals surface area contributed by atoms with E-state index in [0.29, 0.717) is 5.56 Å². The Morgan fingerprint density at radius 1 is 1.52 bits per heavy atom. The summed E-state index contributed by atoms with van der Waals surface area (Å²) in [6, 6.07) is 6.12. The molecule has 3 nitrogen and oxygen atoms in total. The molecule has 3 rings (SSSR count). The van der Waals surface area contributed by atoms with Crippen LogP contribution in [0.5, 0.6) is 0 Å². The van der Waals surface area contributed by atoms with Crippen molar-refractivity contribution < 1.29 is 9.53 Å². The van der Waals surface area contributed by atoms with Crippen LogP contribution in [0.25, 0.3) is 10.4 Å². The number of benzene rings is 1. The van der Waals surface area contributed by atoms with Crippen LogP contribution in [0.3, 0.4) is 0 Å². The summed E-state index contributed by atoms with van der Waals surface area (Å²) in [6.07, 6.45) is 1.01. The largest absolute Gasteiger partial charge is 0.465 e. The molecule has 0 saturated carbocycles. The normalized spacial score (nSPS) is 13.4. The van der Waals surface area contributed by atoms with Crippen LogP contribution >= 0.6 is 57.6 Å². The quantitative estimate of drug-likeness (QED) is 0.320. The van der Waals surface area contributed by atoms with Gasteiger partial charge in [-0.25, -0.2) is 4.79 Å². The van der Waals surface area contributed by atoms with Gasteiger partial charge in [-0.05, 0) is 51.5 Å². The van der Waals surface area contributed by atoms with E-state index in [1.807, 2.05) is 12.1 Å². The molecule has 21 heavy (non-hydrogen) atoms. The molecule has 2 aromatic rings. The van der Waals surface area contributed by atoms with Crippen molar-refractivity contribution in [3.05, 3.63) is 39.2 Å². The highest BCUT2D eigenvalue weighted by Crippen LogP contribution is 2.45. The van der Waals surface area contributed by atoms with Gasteiger partial charge >= 0.3 is 5.97 Å². The topological polar surface area (TPSA) is 29.5 Å². The van der Waals surface area contributed by atoms with Crippen molar-refractivity contribution in [3.63, 3.8) is 0 Å². The van der Waals surface area contributed by atoms with Crippen molar-refractivity contribution in [3.8, 4) is 10.4 Å². The lowest BCUT2D eigenvalue weighted by Crippen LogP contribution is -2.15. The van der Waals surface area contributed by atoms with Crippen molar-refractivity contribution in [2.75, 3.05) is 18.0 Å². The molecule has 0 unspecified atom stereocenters. The lowest BCUT2D eigenvalue weighted by atomic mass is 10.0. The van der Waals surface area contributed by atoms with Crippen molar-refractivity contribution in [2.24, 2.45) is 0 Å². The van der Waals surface area contributed by atoms with Crippen molar-refractivity contribution >= 4 is 69.2 Å². The fraction of sp³-hybridized carbons (Fsp3) is 0.214. The van der Waals surface area contributed by atoms with Gasteiger partial charge in [-0.1, -0.05) is 0 Å². The third-order valence-electron chi connectivity index (χ3n) is 3.42. The molecular weight excluding hydrogens is 485 g/mol. The Hall–Kier alpha value is -0.250. The highest BCUT2D eigenvalue weighted by molar-refractivity contribution is 14.2. The Kier molecular flexibility index (Phi) is 4.82. The van der Waals surface area contributed by atoms with Gasteiger partial charge in [0.25, 0.3) is 0 Å². The third kappa shape index (κ3) is 2.85. The number of carbonyl (C=O) groups excluding carboxylic acids is 1. The maximum atomic E-state index is 11.9. The van der Waals surface area contributed by atoms with Crippen molar-refractivity contribution in [1.82, 2.24) is 0 Å². The molecule has 0 spiro atoms. The average molecular weight is 496 g/mol. The van der Waals surface area contributed by atoms with Gasteiger partial charge in [0.15, 0.2) is 0 Å². The maximum absolute atomic E-state index is 11.9. The molecule has 7 heteroatoms. The van der Waals surface area contributed by atoms with E-state index in [2.05, 4.69) is 52.9 Å². The number of halogens is 2. The van der Waals surface area contributed by atoms with Crippen LogP contribution in [0, 0.1) is 0 Å². The summed E-state index contributed by atoms with van der Waals surface area (Å²) in [4.78, 5) is 13.2. The molecule has 0 radical (unpaired) electrons. The molecule has 0 atom stereocenters. The first kappa shape index (κ1) is 15.6. The molecule has 2 heterocycles. The van der Waals surface area contributed by atoms with Crippen LogP contribution in [0.2, 0.25) is 0 Å². The Bertz CT molecular complexity index is 704. The average Bonchev–Trinajstić information content (AvgIpc) is 2.90. The zero-order valence-corrected chi connectivity index (χ0v) is 16.4. The number of anilines is 1. The lowest BCUT2D eigenvalue weighted by molar-refractivity contribution is 0.0600. The maximum Gasteiger partial charge on any atom is 0.339 e. The van der Waals surface area contributed by atoms with E-state index in [0.717, 1.165) is 28.7 Å². The van der Waals surface area contributed by atoms with Gasteiger partial charge in [-0.2, -0.15) is 0 Å². The molecule has 0 amide bonds. The predicted molar refractivity (Wildman–Crippen MR) is 101 cm³/mol. The summed E-state index contributed by atoms with van der Waals surface area (Å²) < 4.78 is 7.90. The second kappa shape index (κ2) is 6.47. The van der Waals surface area contributed by atoms with Gasteiger partial charge in [0.05, 0.1) is 18.4 Å². The second-order valence-electron chi connectivity index (χ2n) is 4.54. The molecule has 1 aliphatic rings. The standard InChI is InChI=1S/C14H11BrINO2S2/c1-19-14(18)9-6-10-12(7-11(9)15)17(21-16)4-2-8-3-5-20-13(8)10/h3,5-7H,2,4H2,1H3. The van der Waals surface area contributed by atoms with E-state index in [4.69, 9.17) is 4.74 Å². The molecule has 0 bridgehead atoms. The first-order chi connectivity index (χ1) is 10.2.